The van der Waals surface area contributed by atoms with E-state index in [0.717, 1.165) is 12.8 Å². The summed E-state index contributed by atoms with van der Waals surface area (Å²) in [6, 6.07) is 1.62. The van der Waals surface area contributed by atoms with Crippen molar-refractivity contribution >= 4 is 17.5 Å². The van der Waals surface area contributed by atoms with Gasteiger partial charge in [-0.3, -0.25) is 4.79 Å². The fourth-order valence-corrected chi connectivity index (χ4v) is 1.44. The van der Waals surface area contributed by atoms with Gasteiger partial charge in [0.25, 0.3) is 5.91 Å². The van der Waals surface area contributed by atoms with Gasteiger partial charge < -0.3 is 9.84 Å². The molecule has 90 valence electrons. The van der Waals surface area contributed by atoms with Crippen molar-refractivity contribution in [2.45, 2.75) is 26.7 Å². The van der Waals surface area contributed by atoms with Gasteiger partial charge in [0.1, 0.15) is 0 Å². The maximum absolute atomic E-state index is 11.5. The highest BCUT2D eigenvalue weighted by Crippen LogP contribution is 2.06. The Bertz CT molecular complexity index is 338. The summed E-state index contributed by atoms with van der Waals surface area (Å²) in [6.45, 7) is 4.51. The third kappa shape index (κ3) is 4.23. The van der Waals surface area contributed by atoms with Gasteiger partial charge in [-0.05, 0) is 25.7 Å². The van der Waals surface area contributed by atoms with Crippen LogP contribution in [0.3, 0.4) is 0 Å². The third-order valence-corrected chi connectivity index (χ3v) is 2.80. The molecule has 0 fully saturated rings. The van der Waals surface area contributed by atoms with Gasteiger partial charge in [0, 0.05) is 18.5 Å². The quantitative estimate of drug-likeness (QED) is 0.617. The first-order valence-corrected chi connectivity index (χ1v) is 5.94. The van der Waals surface area contributed by atoms with Crippen LogP contribution in [0.5, 0.6) is 0 Å². The second kappa shape index (κ2) is 6.53. The predicted molar refractivity (Wildman–Crippen MR) is 62.7 cm³/mol. The van der Waals surface area contributed by atoms with Gasteiger partial charge in [-0.1, -0.05) is 12.1 Å². The van der Waals surface area contributed by atoms with Crippen molar-refractivity contribution in [1.29, 1.82) is 0 Å². The lowest BCUT2D eigenvalue weighted by molar-refractivity contribution is 0.0915. The number of carbonyl (C=O) groups is 1. The molecule has 1 aromatic heterocycles. The Morgan fingerprint density at radius 2 is 2.44 bits per heavy atom. The number of nitrogens with zero attached hydrogens (tertiary/aromatic N) is 1. The fourth-order valence-electron chi connectivity index (χ4n) is 1.29. The smallest absolute Gasteiger partial charge is 0.289 e. The Balaban J connectivity index is 2.21. The molecule has 1 unspecified atom stereocenters. The van der Waals surface area contributed by atoms with E-state index in [1.165, 1.54) is 0 Å². The molecule has 0 aliphatic rings. The zero-order valence-electron chi connectivity index (χ0n) is 9.62. The van der Waals surface area contributed by atoms with E-state index in [2.05, 4.69) is 17.4 Å². The lowest BCUT2D eigenvalue weighted by Crippen LogP contribution is -2.24. The molecule has 0 aromatic carbocycles. The Morgan fingerprint density at radius 3 is 3.00 bits per heavy atom. The van der Waals surface area contributed by atoms with Gasteiger partial charge >= 0.3 is 0 Å². The summed E-state index contributed by atoms with van der Waals surface area (Å²) in [6.07, 6.45) is 1.94. The third-order valence-electron chi connectivity index (χ3n) is 2.27. The van der Waals surface area contributed by atoms with Crippen LogP contribution < -0.4 is 5.32 Å². The van der Waals surface area contributed by atoms with Crippen molar-refractivity contribution in [2.75, 3.05) is 12.4 Å². The molecular formula is C11H17ClN2O2. The molecule has 0 aliphatic carbocycles. The SMILES string of the molecule is Cc1cc(C(=O)NCCCC(C)CCl)on1. The largest absolute Gasteiger partial charge is 0.351 e. The van der Waals surface area contributed by atoms with Crippen molar-refractivity contribution in [2.24, 2.45) is 5.92 Å². The molecule has 0 bridgehead atoms. The summed E-state index contributed by atoms with van der Waals surface area (Å²) >= 11 is 5.68. The number of hydrogen-bond acceptors (Lipinski definition) is 3. The molecule has 5 heteroatoms. The Morgan fingerprint density at radius 1 is 1.69 bits per heavy atom. The molecule has 1 amide bonds. The Hall–Kier alpha value is -1.03. The van der Waals surface area contributed by atoms with Gasteiger partial charge in [-0.25, -0.2) is 0 Å². The molecule has 1 atom stereocenters. The van der Waals surface area contributed by atoms with Gasteiger partial charge in [0.15, 0.2) is 0 Å². The average molecular weight is 245 g/mol. The number of alkyl halides is 1. The molecule has 16 heavy (non-hydrogen) atoms. The summed E-state index contributed by atoms with van der Waals surface area (Å²) in [7, 11) is 0. The number of rotatable bonds is 6. The number of carbonyl (C=O) groups excluding carboxylic acids is 1. The highest BCUT2D eigenvalue weighted by Gasteiger charge is 2.10. The van der Waals surface area contributed by atoms with Crippen LogP contribution in [0.1, 0.15) is 36.0 Å². The van der Waals surface area contributed by atoms with Crippen LogP contribution in [-0.4, -0.2) is 23.5 Å². The molecule has 1 N–H and O–H groups in total. The van der Waals surface area contributed by atoms with Crippen LogP contribution in [0.2, 0.25) is 0 Å². The first kappa shape index (κ1) is 13.0. The van der Waals surface area contributed by atoms with E-state index < -0.39 is 0 Å². The van der Waals surface area contributed by atoms with Crippen molar-refractivity contribution < 1.29 is 9.32 Å². The molecule has 0 saturated heterocycles. The minimum Gasteiger partial charge on any atom is -0.351 e. The van der Waals surface area contributed by atoms with Crippen LogP contribution >= 0.6 is 11.6 Å². The summed E-state index contributed by atoms with van der Waals surface area (Å²) in [5.74, 6) is 1.21. The Labute approximate surface area is 100 Å². The topological polar surface area (TPSA) is 55.1 Å². The molecule has 0 saturated carbocycles. The number of aryl methyl sites for hydroxylation is 1. The number of hydrogen-bond donors (Lipinski definition) is 1. The molecule has 0 aliphatic heterocycles. The maximum atomic E-state index is 11.5. The van der Waals surface area contributed by atoms with E-state index in [0.29, 0.717) is 24.0 Å². The van der Waals surface area contributed by atoms with E-state index in [1.807, 2.05) is 0 Å². The molecule has 1 aromatic rings. The monoisotopic (exact) mass is 244 g/mol. The van der Waals surface area contributed by atoms with Crippen LogP contribution in [-0.2, 0) is 0 Å². The van der Waals surface area contributed by atoms with Crippen molar-refractivity contribution in [1.82, 2.24) is 10.5 Å². The van der Waals surface area contributed by atoms with Crippen molar-refractivity contribution in [3.05, 3.63) is 17.5 Å². The number of halogens is 1. The van der Waals surface area contributed by atoms with Crippen LogP contribution in [0.4, 0.5) is 0 Å². The number of amides is 1. The molecule has 0 spiro atoms. The van der Waals surface area contributed by atoms with Crippen LogP contribution in [0.25, 0.3) is 0 Å². The van der Waals surface area contributed by atoms with E-state index in [1.54, 1.807) is 13.0 Å². The summed E-state index contributed by atoms with van der Waals surface area (Å²) in [4.78, 5) is 11.5. The predicted octanol–water partition coefficient (Wildman–Crippen LogP) is 2.37. The minimum atomic E-state index is -0.209. The summed E-state index contributed by atoms with van der Waals surface area (Å²) < 4.78 is 4.84. The fraction of sp³-hybridized carbons (Fsp3) is 0.636. The zero-order chi connectivity index (χ0) is 12.0. The van der Waals surface area contributed by atoms with Crippen LogP contribution in [0.15, 0.2) is 10.6 Å². The average Bonchev–Trinajstić information content (AvgIpc) is 2.70. The number of aromatic nitrogens is 1. The van der Waals surface area contributed by atoms with Crippen molar-refractivity contribution in [3.8, 4) is 0 Å². The second-order valence-electron chi connectivity index (χ2n) is 3.99. The summed E-state index contributed by atoms with van der Waals surface area (Å²) in [5, 5.41) is 6.43. The Kier molecular flexibility index (Phi) is 5.32. The van der Waals surface area contributed by atoms with E-state index in [9.17, 15) is 4.79 Å². The number of nitrogens with one attached hydrogen (secondary N) is 1. The molecule has 1 rings (SSSR count). The van der Waals surface area contributed by atoms with Gasteiger partial charge in [0.05, 0.1) is 5.69 Å². The van der Waals surface area contributed by atoms with Gasteiger partial charge in [-0.2, -0.15) is 0 Å². The molecule has 0 radical (unpaired) electrons. The molecule has 4 nitrogen and oxygen atoms in total. The highest BCUT2D eigenvalue weighted by atomic mass is 35.5. The first-order chi connectivity index (χ1) is 7.63. The lowest BCUT2D eigenvalue weighted by atomic mass is 10.1. The van der Waals surface area contributed by atoms with Crippen molar-refractivity contribution in [3.63, 3.8) is 0 Å². The van der Waals surface area contributed by atoms with Gasteiger partial charge in [0.2, 0.25) is 5.76 Å². The van der Waals surface area contributed by atoms with Crippen LogP contribution in [0, 0.1) is 12.8 Å². The standard InChI is InChI=1S/C11H17ClN2O2/c1-8(7-12)4-3-5-13-11(15)10-6-9(2)14-16-10/h6,8H,3-5,7H2,1-2H3,(H,13,15). The molecular weight excluding hydrogens is 228 g/mol. The second-order valence-corrected chi connectivity index (χ2v) is 4.30. The van der Waals surface area contributed by atoms with E-state index in [-0.39, 0.29) is 11.7 Å². The van der Waals surface area contributed by atoms with Gasteiger partial charge in [-0.15, -0.1) is 11.6 Å². The normalized spacial score (nSPS) is 12.4. The lowest BCUT2D eigenvalue weighted by Gasteiger charge is -2.06. The van der Waals surface area contributed by atoms with E-state index in [4.69, 9.17) is 16.1 Å². The highest BCUT2D eigenvalue weighted by molar-refractivity contribution is 6.18. The summed E-state index contributed by atoms with van der Waals surface area (Å²) in [5.41, 5.74) is 0.709. The first-order valence-electron chi connectivity index (χ1n) is 5.41. The maximum Gasteiger partial charge on any atom is 0.289 e. The zero-order valence-corrected chi connectivity index (χ0v) is 10.4. The molecule has 1 heterocycles. The minimum absolute atomic E-state index is 0.209. The van der Waals surface area contributed by atoms with E-state index >= 15 is 0 Å².